The first-order valence-corrected chi connectivity index (χ1v) is 5.34. The van der Waals surface area contributed by atoms with Crippen molar-refractivity contribution in [1.29, 1.82) is 0 Å². The number of benzene rings is 1. The average molecular weight is 319 g/mol. The first-order chi connectivity index (χ1) is 7.02. The summed E-state index contributed by atoms with van der Waals surface area (Å²) in [5.74, 6) is -1.30. The predicted molar refractivity (Wildman–Crippen MR) is 64.8 cm³/mol. The van der Waals surface area contributed by atoms with Crippen molar-refractivity contribution in [3.8, 4) is 0 Å². The van der Waals surface area contributed by atoms with E-state index in [-0.39, 0.29) is 12.5 Å². The number of anilines is 1. The van der Waals surface area contributed by atoms with E-state index in [2.05, 4.69) is 22.6 Å². The normalized spacial score (nSPS) is 9.73. The molecule has 4 nitrogen and oxygen atoms in total. The van der Waals surface area contributed by atoms with Gasteiger partial charge in [0.25, 0.3) is 0 Å². The second kappa shape index (κ2) is 5.11. The second-order valence-electron chi connectivity index (χ2n) is 2.95. The van der Waals surface area contributed by atoms with Crippen LogP contribution in [0.2, 0.25) is 0 Å². The molecule has 1 N–H and O–H groups in total. The van der Waals surface area contributed by atoms with E-state index in [1.165, 1.54) is 11.8 Å². The lowest BCUT2D eigenvalue weighted by atomic mass is 10.3. The Kier molecular flexibility index (Phi) is 4.07. The van der Waals surface area contributed by atoms with Gasteiger partial charge in [-0.05, 0) is 34.7 Å². The van der Waals surface area contributed by atoms with E-state index in [0.717, 1.165) is 3.57 Å². The van der Waals surface area contributed by atoms with Gasteiger partial charge in [0.2, 0.25) is 5.91 Å². The van der Waals surface area contributed by atoms with Crippen LogP contribution < -0.4 is 4.90 Å². The number of halogens is 1. The van der Waals surface area contributed by atoms with E-state index in [4.69, 9.17) is 5.11 Å². The van der Waals surface area contributed by atoms with Crippen LogP contribution >= 0.6 is 22.6 Å². The van der Waals surface area contributed by atoms with Gasteiger partial charge in [-0.3, -0.25) is 9.59 Å². The summed E-state index contributed by atoms with van der Waals surface area (Å²) in [5, 5.41) is 8.69. The Labute approximate surface area is 101 Å². The van der Waals surface area contributed by atoms with Gasteiger partial charge in [0, 0.05) is 10.5 Å². The highest BCUT2D eigenvalue weighted by Gasteiger charge is 2.16. The van der Waals surface area contributed by atoms with Gasteiger partial charge in [0.05, 0.1) is 5.69 Å². The van der Waals surface area contributed by atoms with Crippen LogP contribution in [0, 0.1) is 3.57 Å². The smallest absolute Gasteiger partial charge is 0.323 e. The SMILES string of the molecule is CC(=O)N(CC(=O)O)c1ccccc1I. The number of para-hydroxylation sites is 1. The number of carbonyl (C=O) groups excluding carboxylic acids is 1. The molecule has 0 atom stereocenters. The van der Waals surface area contributed by atoms with Crippen LogP contribution in [0.4, 0.5) is 5.69 Å². The van der Waals surface area contributed by atoms with Crippen LogP contribution in [-0.4, -0.2) is 23.5 Å². The minimum Gasteiger partial charge on any atom is -0.480 e. The molecule has 0 radical (unpaired) electrons. The number of carbonyl (C=O) groups is 2. The van der Waals surface area contributed by atoms with Gasteiger partial charge in [-0.1, -0.05) is 12.1 Å². The molecule has 0 unspecified atom stereocenters. The van der Waals surface area contributed by atoms with Crippen LogP contribution in [0.25, 0.3) is 0 Å². The highest BCUT2D eigenvalue weighted by Crippen LogP contribution is 2.21. The lowest BCUT2D eigenvalue weighted by Crippen LogP contribution is -2.34. The third-order valence-corrected chi connectivity index (χ3v) is 2.73. The Morgan fingerprint density at radius 2 is 2.00 bits per heavy atom. The molecule has 0 aliphatic rings. The Bertz CT molecular complexity index is 392. The molecule has 0 spiro atoms. The Morgan fingerprint density at radius 1 is 1.40 bits per heavy atom. The molecule has 0 fully saturated rings. The zero-order valence-corrected chi connectivity index (χ0v) is 10.3. The van der Waals surface area contributed by atoms with Crippen molar-refractivity contribution in [3.63, 3.8) is 0 Å². The van der Waals surface area contributed by atoms with Crippen molar-refractivity contribution >= 4 is 40.2 Å². The third kappa shape index (κ3) is 3.19. The Hall–Kier alpha value is -1.11. The minimum absolute atomic E-state index is 0.276. The van der Waals surface area contributed by atoms with Gasteiger partial charge in [-0.15, -0.1) is 0 Å². The van der Waals surface area contributed by atoms with Crippen LogP contribution in [0.15, 0.2) is 24.3 Å². The van der Waals surface area contributed by atoms with Crippen LogP contribution in [0.5, 0.6) is 0 Å². The molecule has 0 saturated carbocycles. The molecule has 0 aromatic heterocycles. The van der Waals surface area contributed by atoms with Crippen molar-refractivity contribution in [2.75, 3.05) is 11.4 Å². The molecule has 1 aromatic rings. The molecular weight excluding hydrogens is 309 g/mol. The summed E-state index contributed by atoms with van der Waals surface area (Å²) >= 11 is 2.07. The van der Waals surface area contributed by atoms with Gasteiger partial charge in [-0.2, -0.15) is 0 Å². The number of carboxylic acids is 1. The van der Waals surface area contributed by atoms with Gasteiger partial charge >= 0.3 is 5.97 Å². The Balaban J connectivity index is 3.04. The molecule has 0 bridgehead atoms. The molecule has 1 aromatic carbocycles. The van der Waals surface area contributed by atoms with Crippen molar-refractivity contribution < 1.29 is 14.7 Å². The first-order valence-electron chi connectivity index (χ1n) is 4.27. The van der Waals surface area contributed by atoms with Gasteiger partial charge in [-0.25, -0.2) is 0 Å². The number of hydrogen-bond donors (Lipinski definition) is 1. The van der Waals surface area contributed by atoms with E-state index >= 15 is 0 Å². The first kappa shape index (κ1) is 12.0. The third-order valence-electron chi connectivity index (χ3n) is 1.82. The molecule has 1 rings (SSSR count). The van der Waals surface area contributed by atoms with Crippen LogP contribution in [0.3, 0.4) is 0 Å². The number of aliphatic carboxylic acids is 1. The minimum atomic E-state index is -1.02. The van der Waals surface area contributed by atoms with E-state index in [1.807, 2.05) is 12.1 Å². The summed E-state index contributed by atoms with van der Waals surface area (Å²) < 4.78 is 0.853. The zero-order valence-electron chi connectivity index (χ0n) is 8.11. The summed E-state index contributed by atoms with van der Waals surface area (Å²) in [6.45, 7) is 1.04. The summed E-state index contributed by atoms with van der Waals surface area (Å²) in [6, 6.07) is 7.17. The summed E-state index contributed by atoms with van der Waals surface area (Å²) in [4.78, 5) is 23.1. The second-order valence-corrected chi connectivity index (χ2v) is 4.11. The lowest BCUT2D eigenvalue weighted by Gasteiger charge is -2.20. The lowest BCUT2D eigenvalue weighted by molar-refractivity contribution is -0.136. The highest BCUT2D eigenvalue weighted by atomic mass is 127. The molecule has 0 heterocycles. The van der Waals surface area contributed by atoms with E-state index in [9.17, 15) is 9.59 Å². The molecule has 0 aliphatic carbocycles. The van der Waals surface area contributed by atoms with Crippen molar-refractivity contribution in [2.45, 2.75) is 6.92 Å². The van der Waals surface area contributed by atoms with Crippen LogP contribution in [-0.2, 0) is 9.59 Å². The number of nitrogens with zero attached hydrogens (tertiary/aromatic N) is 1. The predicted octanol–water partition coefficient (Wildman–Crippen LogP) is 1.73. The average Bonchev–Trinajstić information content (AvgIpc) is 2.15. The topological polar surface area (TPSA) is 57.6 Å². The van der Waals surface area contributed by atoms with Crippen molar-refractivity contribution in [3.05, 3.63) is 27.8 Å². The quantitative estimate of drug-likeness (QED) is 0.863. The monoisotopic (exact) mass is 319 g/mol. The number of amides is 1. The molecule has 1 amide bonds. The summed E-state index contributed by atoms with van der Waals surface area (Å²) in [7, 11) is 0. The van der Waals surface area contributed by atoms with Gasteiger partial charge in [0.1, 0.15) is 6.54 Å². The molecule has 80 valence electrons. The zero-order chi connectivity index (χ0) is 11.4. The van der Waals surface area contributed by atoms with E-state index in [0.29, 0.717) is 5.69 Å². The van der Waals surface area contributed by atoms with Crippen LogP contribution in [0.1, 0.15) is 6.92 Å². The van der Waals surface area contributed by atoms with Gasteiger partial charge in [0.15, 0.2) is 0 Å². The molecule has 0 saturated heterocycles. The number of hydrogen-bond acceptors (Lipinski definition) is 2. The number of carboxylic acid groups (broad SMARTS) is 1. The van der Waals surface area contributed by atoms with Crippen molar-refractivity contribution in [2.24, 2.45) is 0 Å². The van der Waals surface area contributed by atoms with E-state index in [1.54, 1.807) is 12.1 Å². The molecule has 5 heteroatoms. The maximum Gasteiger partial charge on any atom is 0.323 e. The summed E-state index contributed by atoms with van der Waals surface area (Å²) in [5.41, 5.74) is 0.632. The molecule has 0 aliphatic heterocycles. The van der Waals surface area contributed by atoms with E-state index < -0.39 is 5.97 Å². The maximum absolute atomic E-state index is 11.3. The summed E-state index contributed by atoms with van der Waals surface area (Å²) in [6.07, 6.45) is 0. The molecular formula is C10H10INO3. The fourth-order valence-electron chi connectivity index (χ4n) is 1.17. The standard InChI is InChI=1S/C10H10INO3/c1-7(13)12(6-10(14)15)9-5-3-2-4-8(9)11/h2-5H,6H2,1H3,(H,14,15). The Morgan fingerprint density at radius 3 is 2.47 bits per heavy atom. The fraction of sp³-hybridized carbons (Fsp3) is 0.200. The van der Waals surface area contributed by atoms with Gasteiger partial charge < -0.3 is 10.0 Å². The fourth-order valence-corrected chi connectivity index (χ4v) is 1.85. The maximum atomic E-state index is 11.3. The largest absolute Gasteiger partial charge is 0.480 e. The van der Waals surface area contributed by atoms with Crippen molar-refractivity contribution in [1.82, 2.24) is 0 Å². The highest BCUT2D eigenvalue weighted by molar-refractivity contribution is 14.1. The molecule has 15 heavy (non-hydrogen) atoms. The number of rotatable bonds is 3.